The van der Waals surface area contributed by atoms with Crippen molar-refractivity contribution in [3.05, 3.63) is 46.8 Å². The third kappa shape index (κ3) is 3.81. The van der Waals surface area contributed by atoms with Crippen LogP contribution in [0.15, 0.2) is 28.8 Å². The normalized spacial score (nSPS) is 11.0. The second-order valence-electron chi connectivity index (χ2n) is 6.86. The van der Waals surface area contributed by atoms with E-state index in [4.69, 9.17) is 4.52 Å². The molecule has 27 heavy (non-hydrogen) atoms. The number of nitrogens with zero attached hydrogens (tertiary/aromatic N) is 2. The molecule has 0 fully saturated rings. The SMILES string of the molecule is CC(=O)Nc1ccc(C)c(NC(=O)c2cc(C(C)C)nc3onc(C)c23)c1. The van der Waals surface area contributed by atoms with Gasteiger partial charge in [-0.25, -0.2) is 4.98 Å². The molecule has 0 radical (unpaired) electrons. The van der Waals surface area contributed by atoms with E-state index in [2.05, 4.69) is 20.8 Å². The molecular weight excluding hydrogens is 344 g/mol. The number of hydrogen-bond donors (Lipinski definition) is 2. The highest BCUT2D eigenvalue weighted by molar-refractivity contribution is 6.12. The lowest BCUT2D eigenvalue weighted by atomic mass is 10.0. The van der Waals surface area contributed by atoms with Gasteiger partial charge in [0.15, 0.2) is 0 Å². The molecule has 1 aromatic carbocycles. The topological polar surface area (TPSA) is 97.1 Å². The molecule has 0 unspecified atom stereocenters. The fraction of sp³-hybridized carbons (Fsp3) is 0.300. The zero-order valence-corrected chi connectivity index (χ0v) is 16.0. The lowest BCUT2D eigenvalue weighted by Crippen LogP contribution is -2.15. The van der Waals surface area contributed by atoms with Crippen LogP contribution in [0.2, 0.25) is 0 Å². The Bertz CT molecular complexity index is 1040. The van der Waals surface area contributed by atoms with Crippen LogP contribution in [0.25, 0.3) is 11.1 Å². The minimum atomic E-state index is -0.279. The number of rotatable bonds is 4. The summed E-state index contributed by atoms with van der Waals surface area (Å²) < 4.78 is 5.28. The molecule has 7 nitrogen and oxygen atoms in total. The fourth-order valence-electron chi connectivity index (χ4n) is 2.82. The largest absolute Gasteiger partial charge is 0.336 e. The molecule has 140 valence electrons. The second kappa shape index (κ2) is 7.19. The van der Waals surface area contributed by atoms with E-state index in [0.29, 0.717) is 33.7 Å². The number of fused-ring (bicyclic) bond motifs is 1. The number of anilines is 2. The van der Waals surface area contributed by atoms with Gasteiger partial charge < -0.3 is 15.2 Å². The van der Waals surface area contributed by atoms with Crippen molar-refractivity contribution in [2.75, 3.05) is 10.6 Å². The number of benzene rings is 1. The van der Waals surface area contributed by atoms with Gasteiger partial charge in [-0.15, -0.1) is 0 Å². The molecule has 0 saturated carbocycles. The number of carbonyl (C=O) groups excluding carboxylic acids is 2. The maximum absolute atomic E-state index is 13.0. The first kappa shape index (κ1) is 18.6. The second-order valence-corrected chi connectivity index (χ2v) is 6.86. The van der Waals surface area contributed by atoms with Gasteiger partial charge >= 0.3 is 0 Å². The van der Waals surface area contributed by atoms with Crippen molar-refractivity contribution in [2.24, 2.45) is 0 Å². The van der Waals surface area contributed by atoms with Crippen molar-refractivity contribution in [2.45, 2.75) is 40.5 Å². The van der Waals surface area contributed by atoms with Gasteiger partial charge in [0.25, 0.3) is 11.6 Å². The van der Waals surface area contributed by atoms with Crippen LogP contribution in [-0.4, -0.2) is 22.0 Å². The fourth-order valence-corrected chi connectivity index (χ4v) is 2.82. The van der Waals surface area contributed by atoms with Crippen LogP contribution < -0.4 is 10.6 Å². The summed E-state index contributed by atoms with van der Waals surface area (Å²) in [7, 11) is 0. The molecule has 0 aliphatic heterocycles. The van der Waals surface area contributed by atoms with Crippen molar-refractivity contribution < 1.29 is 14.1 Å². The van der Waals surface area contributed by atoms with Crippen LogP contribution in [0.1, 0.15) is 54.0 Å². The molecule has 0 atom stereocenters. The maximum Gasteiger partial charge on any atom is 0.259 e. The number of hydrogen-bond acceptors (Lipinski definition) is 5. The van der Waals surface area contributed by atoms with Crippen molar-refractivity contribution in [3.8, 4) is 0 Å². The third-order valence-corrected chi connectivity index (χ3v) is 4.28. The average molecular weight is 366 g/mol. The van der Waals surface area contributed by atoms with Crippen molar-refractivity contribution in [1.29, 1.82) is 0 Å². The molecule has 0 spiro atoms. The van der Waals surface area contributed by atoms with Crippen LogP contribution in [0, 0.1) is 13.8 Å². The number of aryl methyl sites for hydroxylation is 2. The molecule has 7 heteroatoms. The van der Waals surface area contributed by atoms with E-state index < -0.39 is 0 Å². The Morgan fingerprint density at radius 3 is 2.52 bits per heavy atom. The zero-order valence-electron chi connectivity index (χ0n) is 16.0. The molecule has 2 heterocycles. The van der Waals surface area contributed by atoms with Gasteiger partial charge in [-0.2, -0.15) is 0 Å². The molecule has 3 aromatic rings. The lowest BCUT2D eigenvalue weighted by Gasteiger charge is -2.13. The standard InChI is InChI=1S/C20H22N4O3/c1-10(2)16-9-15(18-12(4)24-27-20(18)23-16)19(26)22-17-8-14(21-13(5)25)7-6-11(17)3/h6-10H,1-5H3,(H,21,25)(H,22,26). The lowest BCUT2D eigenvalue weighted by molar-refractivity contribution is -0.114. The Kier molecular flexibility index (Phi) is 4.94. The van der Waals surface area contributed by atoms with Gasteiger partial charge in [-0.05, 0) is 43.5 Å². The quantitative estimate of drug-likeness (QED) is 0.722. The first-order valence-electron chi connectivity index (χ1n) is 8.72. The molecule has 2 N–H and O–H groups in total. The first-order chi connectivity index (χ1) is 12.8. The van der Waals surface area contributed by atoms with Crippen LogP contribution in [-0.2, 0) is 4.79 Å². The van der Waals surface area contributed by atoms with Gasteiger partial charge in [0.1, 0.15) is 0 Å². The third-order valence-electron chi connectivity index (χ3n) is 4.28. The minimum absolute atomic E-state index is 0.135. The predicted octanol–water partition coefficient (Wildman–Crippen LogP) is 4.17. The predicted molar refractivity (Wildman–Crippen MR) is 104 cm³/mol. The highest BCUT2D eigenvalue weighted by atomic mass is 16.5. The van der Waals surface area contributed by atoms with Gasteiger partial charge in [-0.1, -0.05) is 25.1 Å². The van der Waals surface area contributed by atoms with Crippen LogP contribution in [0.3, 0.4) is 0 Å². The molecule has 0 saturated heterocycles. The Balaban J connectivity index is 2.02. The summed E-state index contributed by atoms with van der Waals surface area (Å²) >= 11 is 0. The van der Waals surface area contributed by atoms with E-state index in [1.54, 1.807) is 25.1 Å². The van der Waals surface area contributed by atoms with Crippen molar-refractivity contribution in [1.82, 2.24) is 10.1 Å². The summed E-state index contributed by atoms with van der Waals surface area (Å²) in [5.41, 5.74) is 4.31. The van der Waals surface area contributed by atoms with E-state index in [-0.39, 0.29) is 17.7 Å². The molecular formula is C20H22N4O3. The summed E-state index contributed by atoms with van der Waals surface area (Å²) in [6.45, 7) is 9.11. The molecule has 2 aromatic heterocycles. The number of carbonyl (C=O) groups is 2. The zero-order chi connectivity index (χ0) is 19.7. The molecule has 0 bridgehead atoms. The van der Waals surface area contributed by atoms with E-state index in [1.165, 1.54) is 6.92 Å². The average Bonchev–Trinajstić information content (AvgIpc) is 2.97. The van der Waals surface area contributed by atoms with Gasteiger partial charge in [0.2, 0.25) is 5.91 Å². The first-order valence-corrected chi connectivity index (χ1v) is 8.72. The van der Waals surface area contributed by atoms with E-state index in [9.17, 15) is 9.59 Å². The summed E-state index contributed by atoms with van der Waals surface area (Å²) in [5.74, 6) is -0.316. The highest BCUT2D eigenvalue weighted by Crippen LogP contribution is 2.27. The number of aromatic nitrogens is 2. The van der Waals surface area contributed by atoms with Crippen molar-refractivity contribution in [3.63, 3.8) is 0 Å². The molecule has 0 aliphatic carbocycles. The number of nitrogens with one attached hydrogen (secondary N) is 2. The Labute approximate surface area is 157 Å². The van der Waals surface area contributed by atoms with Gasteiger partial charge in [-0.3, -0.25) is 9.59 Å². The molecule has 0 aliphatic rings. The van der Waals surface area contributed by atoms with E-state index >= 15 is 0 Å². The Morgan fingerprint density at radius 1 is 1.11 bits per heavy atom. The van der Waals surface area contributed by atoms with E-state index in [0.717, 1.165) is 11.3 Å². The summed E-state index contributed by atoms with van der Waals surface area (Å²) in [6, 6.07) is 7.14. The summed E-state index contributed by atoms with van der Waals surface area (Å²) in [4.78, 5) is 28.8. The highest BCUT2D eigenvalue weighted by Gasteiger charge is 2.20. The number of pyridine rings is 1. The maximum atomic E-state index is 13.0. The molecule has 2 amide bonds. The minimum Gasteiger partial charge on any atom is -0.336 e. The summed E-state index contributed by atoms with van der Waals surface area (Å²) in [6.07, 6.45) is 0. The Morgan fingerprint density at radius 2 is 1.85 bits per heavy atom. The Hall–Kier alpha value is -3.22. The van der Waals surface area contributed by atoms with E-state index in [1.807, 2.05) is 26.8 Å². The molecule has 3 rings (SSSR count). The smallest absolute Gasteiger partial charge is 0.259 e. The van der Waals surface area contributed by atoms with Crippen molar-refractivity contribution >= 4 is 34.3 Å². The monoisotopic (exact) mass is 366 g/mol. The van der Waals surface area contributed by atoms with Crippen LogP contribution in [0.5, 0.6) is 0 Å². The number of amides is 2. The van der Waals surface area contributed by atoms with Crippen LogP contribution in [0.4, 0.5) is 11.4 Å². The van der Waals surface area contributed by atoms with Gasteiger partial charge in [0, 0.05) is 24.0 Å². The summed E-state index contributed by atoms with van der Waals surface area (Å²) in [5, 5.41) is 10.2. The van der Waals surface area contributed by atoms with Crippen LogP contribution >= 0.6 is 0 Å². The van der Waals surface area contributed by atoms with Gasteiger partial charge in [0.05, 0.1) is 16.6 Å².